The Morgan fingerprint density at radius 3 is 2.60 bits per heavy atom. The van der Waals surface area contributed by atoms with Gasteiger partial charge in [-0.25, -0.2) is 0 Å². The molecular formula is C25H31N3OS. The first-order chi connectivity index (χ1) is 14.5. The van der Waals surface area contributed by atoms with E-state index in [-0.39, 0.29) is 5.91 Å². The van der Waals surface area contributed by atoms with Gasteiger partial charge < -0.3 is 15.1 Å². The van der Waals surface area contributed by atoms with Gasteiger partial charge in [-0.3, -0.25) is 4.79 Å². The summed E-state index contributed by atoms with van der Waals surface area (Å²) in [5, 5.41) is 3.01. The number of carbonyl (C=O) groups is 1. The zero-order valence-corrected chi connectivity index (χ0v) is 19.0. The average Bonchev–Trinajstić information content (AvgIpc) is 3.24. The van der Waals surface area contributed by atoms with Crippen molar-refractivity contribution in [2.75, 3.05) is 31.1 Å². The van der Waals surface area contributed by atoms with Crippen LogP contribution in [0.15, 0.2) is 63.9 Å². The van der Waals surface area contributed by atoms with Gasteiger partial charge in [0, 0.05) is 34.5 Å². The first kappa shape index (κ1) is 21.0. The van der Waals surface area contributed by atoms with Crippen molar-refractivity contribution in [3.63, 3.8) is 0 Å². The second-order valence-electron chi connectivity index (χ2n) is 8.47. The molecule has 30 heavy (non-hydrogen) atoms. The zero-order valence-electron chi connectivity index (χ0n) is 18.1. The molecule has 1 fully saturated rings. The molecule has 0 saturated carbocycles. The number of rotatable bonds is 6. The Kier molecular flexibility index (Phi) is 6.49. The molecule has 0 radical (unpaired) electrons. The Bertz CT molecular complexity index is 945. The number of nitrogens with one attached hydrogen (secondary N) is 1. The minimum atomic E-state index is -0.0219. The molecule has 2 aliphatic heterocycles. The molecule has 1 amide bonds. The number of fused-ring (bicyclic) bond motifs is 2. The van der Waals surface area contributed by atoms with E-state index in [9.17, 15) is 4.79 Å². The van der Waals surface area contributed by atoms with Crippen LogP contribution in [0.4, 0.5) is 11.4 Å². The summed E-state index contributed by atoms with van der Waals surface area (Å²) in [5.74, 6) is -0.0219. The smallest absolute Gasteiger partial charge is 0.251 e. The van der Waals surface area contributed by atoms with Crippen LogP contribution in [0.1, 0.15) is 44.0 Å². The molecule has 0 spiro atoms. The molecule has 2 aromatic rings. The van der Waals surface area contributed by atoms with E-state index in [0.29, 0.717) is 18.2 Å². The van der Waals surface area contributed by atoms with Crippen molar-refractivity contribution in [2.45, 2.75) is 49.4 Å². The van der Waals surface area contributed by atoms with Crippen molar-refractivity contribution in [3.8, 4) is 0 Å². The van der Waals surface area contributed by atoms with Gasteiger partial charge in [-0.15, -0.1) is 0 Å². The van der Waals surface area contributed by atoms with Crippen LogP contribution in [0.2, 0.25) is 0 Å². The molecule has 1 unspecified atom stereocenters. The summed E-state index contributed by atoms with van der Waals surface area (Å²) in [5.41, 5.74) is 4.30. The van der Waals surface area contributed by atoms with Gasteiger partial charge in [-0.05, 0) is 77.0 Å². The third-order valence-corrected chi connectivity index (χ3v) is 6.89. The van der Waals surface area contributed by atoms with Gasteiger partial charge in [-0.2, -0.15) is 0 Å². The number of benzene rings is 2. The summed E-state index contributed by atoms with van der Waals surface area (Å²) < 4.78 is 0. The third-order valence-electron chi connectivity index (χ3n) is 5.76. The van der Waals surface area contributed by atoms with Crippen LogP contribution in [0.3, 0.4) is 0 Å². The molecule has 0 bridgehead atoms. The lowest BCUT2D eigenvalue weighted by Gasteiger charge is -2.39. The van der Waals surface area contributed by atoms with Gasteiger partial charge in [0.2, 0.25) is 0 Å². The normalized spacial score (nSPS) is 16.6. The van der Waals surface area contributed by atoms with Crippen LogP contribution in [0, 0.1) is 0 Å². The van der Waals surface area contributed by atoms with Gasteiger partial charge in [0.15, 0.2) is 0 Å². The molecule has 0 aromatic heterocycles. The van der Waals surface area contributed by atoms with E-state index < -0.39 is 0 Å². The Morgan fingerprint density at radius 2 is 1.83 bits per heavy atom. The lowest BCUT2D eigenvalue weighted by molar-refractivity contribution is 0.0958. The van der Waals surface area contributed by atoms with Crippen LogP contribution >= 0.6 is 11.8 Å². The Hall–Kier alpha value is -2.24. The molecule has 2 aliphatic rings. The van der Waals surface area contributed by atoms with Gasteiger partial charge >= 0.3 is 0 Å². The summed E-state index contributed by atoms with van der Waals surface area (Å²) in [4.78, 5) is 20.2. The van der Waals surface area contributed by atoms with Crippen molar-refractivity contribution in [1.82, 2.24) is 10.2 Å². The summed E-state index contributed by atoms with van der Waals surface area (Å²) in [6, 6.07) is 15.0. The van der Waals surface area contributed by atoms with E-state index in [1.54, 1.807) is 11.8 Å². The molecule has 4 nitrogen and oxygen atoms in total. The zero-order chi connectivity index (χ0) is 21.1. The lowest BCUT2D eigenvalue weighted by atomic mass is 10.1. The highest BCUT2D eigenvalue weighted by molar-refractivity contribution is 7.99. The van der Waals surface area contributed by atoms with Gasteiger partial charge in [0.25, 0.3) is 5.91 Å². The maximum absolute atomic E-state index is 12.7. The Labute approximate surface area is 184 Å². The van der Waals surface area contributed by atoms with Crippen molar-refractivity contribution >= 4 is 29.0 Å². The number of likely N-dealkylation sites (tertiary alicyclic amines) is 1. The molecule has 2 heterocycles. The van der Waals surface area contributed by atoms with Crippen LogP contribution < -0.4 is 10.2 Å². The molecule has 1 atom stereocenters. The largest absolute Gasteiger partial charge is 0.349 e. The highest BCUT2D eigenvalue weighted by Gasteiger charge is 2.29. The predicted molar refractivity (Wildman–Crippen MR) is 126 cm³/mol. The minimum absolute atomic E-state index is 0.0219. The number of anilines is 2. The average molecular weight is 422 g/mol. The van der Waals surface area contributed by atoms with Crippen LogP contribution in [0.25, 0.3) is 0 Å². The summed E-state index contributed by atoms with van der Waals surface area (Å²) in [7, 11) is 0. The second-order valence-corrected chi connectivity index (χ2v) is 9.55. The van der Waals surface area contributed by atoms with Crippen molar-refractivity contribution in [1.29, 1.82) is 0 Å². The van der Waals surface area contributed by atoms with Crippen molar-refractivity contribution in [3.05, 3.63) is 59.7 Å². The highest BCUT2D eigenvalue weighted by atomic mass is 32.2. The van der Waals surface area contributed by atoms with E-state index in [1.807, 2.05) is 26.0 Å². The molecule has 4 rings (SSSR count). The van der Waals surface area contributed by atoms with Gasteiger partial charge in [0.05, 0.1) is 11.4 Å². The second kappa shape index (κ2) is 9.27. The summed E-state index contributed by atoms with van der Waals surface area (Å²) in [6.07, 6.45) is 4.63. The molecule has 5 heteroatoms. The van der Waals surface area contributed by atoms with Crippen molar-refractivity contribution in [2.24, 2.45) is 0 Å². The van der Waals surface area contributed by atoms with Gasteiger partial charge in [-0.1, -0.05) is 35.5 Å². The molecule has 2 aromatic carbocycles. The minimum Gasteiger partial charge on any atom is -0.349 e. The fraction of sp³-hybridized carbons (Fsp3) is 0.400. The summed E-state index contributed by atoms with van der Waals surface area (Å²) >= 11 is 1.79. The molecule has 0 aliphatic carbocycles. The number of hydrogen-bond acceptors (Lipinski definition) is 4. The maximum Gasteiger partial charge on any atom is 0.251 e. The molecule has 1 N–H and O–H groups in total. The van der Waals surface area contributed by atoms with Gasteiger partial charge in [0.1, 0.15) is 0 Å². The first-order valence-electron chi connectivity index (χ1n) is 10.9. The van der Waals surface area contributed by atoms with Crippen LogP contribution in [-0.4, -0.2) is 43.0 Å². The number of nitrogens with zero attached hydrogens (tertiary/aromatic N) is 2. The first-order valence-corrected chi connectivity index (χ1v) is 11.7. The van der Waals surface area contributed by atoms with Crippen molar-refractivity contribution < 1.29 is 4.79 Å². The van der Waals surface area contributed by atoms with Crippen LogP contribution in [0.5, 0.6) is 0 Å². The van der Waals surface area contributed by atoms with E-state index in [2.05, 4.69) is 58.4 Å². The predicted octanol–water partition coefficient (Wildman–Crippen LogP) is 5.47. The number of para-hydroxylation sites is 1. The molecule has 158 valence electrons. The topological polar surface area (TPSA) is 35.6 Å². The highest BCUT2D eigenvalue weighted by Crippen LogP contribution is 2.49. The fourth-order valence-electron chi connectivity index (χ4n) is 4.27. The fourth-order valence-corrected chi connectivity index (χ4v) is 5.32. The number of hydrogen-bond donors (Lipinski definition) is 1. The van der Waals surface area contributed by atoms with E-state index in [0.717, 1.165) is 12.2 Å². The van der Waals surface area contributed by atoms with E-state index in [4.69, 9.17) is 0 Å². The monoisotopic (exact) mass is 421 g/mol. The summed E-state index contributed by atoms with van der Waals surface area (Å²) in [6.45, 7) is 10.4. The van der Waals surface area contributed by atoms with Crippen LogP contribution in [-0.2, 0) is 0 Å². The SMILES string of the molecule is CC(C)=CCNC(=O)c1ccc2c(c1)N(C(C)CN1CCCC1)c1ccccc1S2. The standard InChI is InChI=1S/C25H31N3OS/c1-18(2)12-13-26-25(29)20-10-11-24-22(16-20)28(19(3)17-27-14-6-7-15-27)21-8-4-5-9-23(21)30-24/h4-5,8-12,16,19H,6-7,13-15,17H2,1-3H3,(H,26,29). The number of amides is 1. The quantitative estimate of drug-likeness (QED) is 0.628. The van der Waals surface area contributed by atoms with E-state index in [1.165, 1.54) is 47.0 Å². The molecular weight excluding hydrogens is 390 g/mol. The third kappa shape index (κ3) is 4.57. The Balaban J connectivity index is 1.64. The maximum atomic E-state index is 12.7. The Morgan fingerprint density at radius 1 is 1.10 bits per heavy atom. The van der Waals surface area contributed by atoms with E-state index >= 15 is 0 Å². The number of carbonyl (C=O) groups excluding carboxylic acids is 1. The number of allylic oxidation sites excluding steroid dienone is 1. The lowest BCUT2D eigenvalue weighted by Crippen LogP contribution is -2.40. The molecule has 1 saturated heterocycles.